The zero-order chi connectivity index (χ0) is 15.9. The molecule has 118 valence electrons. The van der Waals surface area contributed by atoms with Crippen molar-refractivity contribution in [1.82, 2.24) is 0 Å². The summed E-state index contributed by atoms with van der Waals surface area (Å²) in [5, 5.41) is 0. The normalized spacial score (nSPS) is 35.1. The summed E-state index contributed by atoms with van der Waals surface area (Å²) in [5.74, 6) is -2.63. The zero-order valence-electron chi connectivity index (χ0n) is 12.7. The highest BCUT2D eigenvalue weighted by molar-refractivity contribution is 5.80. The second-order valence-electron chi connectivity index (χ2n) is 6.42. The number of carbonyl (C=O) groups is 3. The highest BCUT2D eigenvalue weighted by atomic mass is 16.8. The minimum absolute atomic E-state index is 0.246. The van der Waals surface area contributed by atoms with Crippen LogP contribution >= 0.6 is 0 Å². The Balaban J connectivity index is 2.36. The summed E-state index contributed by atoms with van der Waals surface area (Å²) in [7, 11) is 0. The van der Waals surface area contributed by atoms with Gasteiger partial charge in [-0.2, -0.15) is 0 Å². The lowest BCUT2D eigenvalue weighted by molar-refractivity contribution is -0.216. The maximum Gasteiger partial charge on any atom is 0.350 e. The Morgan fingerprint density at radius 2 is 1.67 bits per heavy atom. The van der Waals surface area contributed by atoms with Crippen molar-refractivity contribution in [2.75, 3.05) is 0 Å². The Morgan fingerprint density at radius 1 is 1.10 bits per heavy atom. The maximum absolute atomic E-state index is 12.0. The van der Waals surface area contributed by atoms with E-state index in [0.29, 0.717) is 0 Å². The van der Waals surface area contributed by atoms with Crippen molar-refractivity contribution in [2.24, 2.45) is 17.3 Å². The van der Waals surface area contributed by atoms with Crippen LogP contribution in [0, 0.1) is 17.3 Å². The number of carbonyl (C=O) groups excluding carboxylic acids is 3. The predicted octanol–water partition coefficient (Wildman–Crippen LogP) is 0.999. The molecule has 2 aliphatic rings. The molecule has 2 heterocycles. The van der Waals surface area contributed by atoms with Gasteiger partial charge in [0.25, 0.3) is 0 Å². The molecule has 0 aliphatic carbocycles. The van der Waals surface area contributed by atoms with Gasteiger partial charge in [0.05, 0.1) is 5.92 Å². The molecule has 0 N–H and O–H groups in total. The first-order chi connectivity index (χ1) is 9.61. The van der Waals surface area contributed by atoms with Crippen LogP contribution in [0.4, 0.5) is 0 Å². The van der Waals surface area contributed by atoms with Gasteiger partial charge in [-0.15, -0.1) is 0 Å². The molecule has 0 aromatic heterocycles. The van der Waals surface area contributed by atoms with E-state index < -0.39 is 42.5 Å². The SMILES string of the molecule is CC(=O)O[C@@H]1O[C@H]2OC(=O)[C@@H](OC(C)=O)[C@H]1[C@@H]2C(C)(C)C. The number of hydrogen-bond donors (Lipinski definition) is 0. The van der Waals surface area contributed by atoms with E-state index in [-0.39, 0.29) is 11.3 Å². The summed E-state index contributed by atoms with van der Waals surface area (Å²) < 4.78 is 21.0. The van der Waals surface area contributed by atoms with Crippen LogP contribution in [0.3, 0.4) is 0 Å². The Labute approximate surface area is 122 Å². The molecule has 0 unspecified atom stereocenters. The largest absolute Gasteiger partial charge is 0.450 e. The van der Waals surface area contributed by atoms with Crippen LogP contribution in [0.2, 0.25) is 0 Å². The quantitative estimate of drug-likeness (QED) is 0.555. The first kappa shape index (κ1) is 15.8. The van der Waals surface area contributed by atoms with Crippen LogP contribution in [-0.4, -0.2) is 36.6 Å². The third-order valence-corrected chi connectivity index (χ3v) is 3.68. The third kappa shape index (κ3) is 3.02. The van der Waals surface area contributed by atoms with E-state index in [4.69, 9.17) is 18.9 Å². The molecule has 21 heavy (non-hydrogen) atoms. The van der Waals surface area contributed by atoms with Gasteiger partial charge in [0.15, 0.2) is 0 Å². The van der Waals surface area contributed by atoms with Crippen molar-refractivity contribution in [2.45, 2.75) is 53.3 Å². The van der Waals surface area contributed by atoms with Crippen LogP contribution in [0.1, 0.15) is 34.6 Å². The van der Waals surface area contributed by atoms with Crippen molar-refractivity contribution in [3.05, 3.63) is 0 Å². The number of hydrogen-bond acceptors (Lipinski definition) is 7. The smallest absolute Gasteiger partial charge is 0.350 e. The number of ether oxygens (including phenoxy) is 4. The van der Waals surface area contributed by atoms with Gasteiger partial charge in [0.1, 0.15) is 0 Å². The van der Waals surface area contributed by atoms with Crippen LogP contribution in [0.5, 0.6) is 0 Å². The summed E-state index contributed by atoms with van der Waals surface area (Å²) in [6, 6.07) is 0. The van der Waals surface area contributed by atoms with Crippen molar-refractivity contribution in [3.63, 3.8) is 0 Å². The van der Waals surface area contributed by atoms with Crippen molar-refractivity contribution in [3.8, 4) is 0 Å². The molecule has 7 nitrogen and oxygen atoms in total. The summed E-state index contributed by atoms with van der Waals surface area (Å²) >= 11 is 0. The first-order valence-electron chi connectivity index (χ1n) is 6.81. The number of fused-ring (bicyclic) bond motifs is 2. The number of rotatable bonds is 2. The first-order valence-corrected chi connectivity index (χ1v) is 6.81. The summed E-state index contributed by atoms with van der Waals surface area (Å²) in [4.78, 5) is 34.4. The van der Waals surface area contributed by atoms with Crippen LogP contribution < -0.4 is 0 Å². The maximum atomic E-state index is 12.0. The standard InChI is InChI=1S/C14H20O7/c1-6(15)18-10-8-9(14(3,4)5)13(20-11(10)17)21-12(8)19-7(2)16/h8-10,12-13H,1-5H3/t8-,9+,10+,12-,13-/m1/s1. The van der Waals surface area contributed by atoms with Gasteiger partial charge in [-0.05, 0) is 5.41 Å². The van der Waals surface area contributed by atoms with Crippen LogP contribution in [0.15, 0.2) is 0 Å². The van der Waals surface area contributed by atoms with Crippen molar-refractivity contribution < 1.29 is 33.3 Å². The van der Waals surface area contributed by atoms with Gasteiger partial charge in [-0.3, -0.25) is 9.59 Å². The molecule has 2 saturated heterocycles. The average Bonchev–Trinajstić information content (AvgIpc) is 2.56. The summed E-state index contributed by atoms with van der Waals surface area (Å²) in [6.45, 7) is 8.34. The topological polar surface area (TPSA) is 88.1 Å². The summed E-state index contributed by atoms with van der Waals surface area (Å²) in [6.07, 6.45) is -2.90. The lowest BCUT2D eigenvalue weighted by atomic mass is 9.70. The fourth-order valence-corrected chi connectivity index (χ4v) is 2.99. The minimum atomic E-state index is -1.13. The molecule has 2 bridgehead atoms. The van der Waals surface area contributed by atoms with E-state index in [0.717, 1.165) is 0 Å². The lowest BCUT2D eigenvalue weighted by Gasteiger charge is -2.39. The highest BCUT2D eigenvalue weighted by Gasteiger charge is 2.62. The zero-order valence-corrected chi connectivity index (χ0v) is 12.7. The van der Waals surface area contributed by atoms with Gasteiger partial charge >= 0.3 is 17.9 Å². The molecule has 0 radical (unpaired) electrons. The van der Waals surface area contributed by atoms with E-state index >= 15 is 0 Å². The molecule has 5 atom stereocenters. The molecule has 0 spiro atoms. The van der Waals surface area contributed by atoms with E-state index in [2.05, 4.69) is 0 Å². The van der Waals surface area contributed by atoms with Crippen molar-refractivity contribution >= 4 is 17.9 Å². The average molecular weight is 300 g/mol. The molecular formula is C14H20O7. The molecule has 0 aromatic carbocycles. The second kappa shape index (κ2) is 5.29. The van der Waals surface area contributed by atoms with E-state index in [1.54, 1.807) is 0 Å². The van der Waals surface area contributed by atoms with E-state index in [1.165, 1.54) is 13.8 Å². The number of esters is 3. The van der Waals surface area contributed by atoms with Crippen LogP contribution in [-0.2, 0) is 33.3 Å². The molecule has 2 rings (SSSR count). The monoisotopic (exact) mass is 300 g/mol. The van der Waals surface area contributed by atoms with E-state index in [1.807, 2.05) is 20.8 Å². The van der Waals surface area contributed by atoms with E-state index in [9.17, 15) is 14.4 Å². The van der Waals surface area contributed by atoms with Gasteiger partial charge in [-0.25, -0.2) is 4.79 Å². The summed E-state index contributed by atoms with van der Waals surface area (Å²) in [5.41, 5.74) is -0.288. The predicted molar refractivity (Wildman–Crippen MR) is 68.5 cm³/mol. The molecule has 2 fully saturated rings. The lowest BCUT2D eigenvalue weighted by Crippen LogP contribution is -2.51. The fraction of sp³-hybridized carbons (Fsp3) is 0.786. The third-order valence-electron chi connectivity index (χ3n) is 3.68. The molecule has 0 saturated carbocycles. The fourth-order valence-electron chi connectivity index (χ4n) is 2.99. The highest BCUT2D eigenvalue weighted by Crippen LogP contribution is 2.49. The van der Waals surface area contributed by atoms with Gasteiger partial charge in [-0.1, -0.05) is 20.8 Å². The molecule has 0 aromatic rings. The Morgan fingerprint density at radius 3 is 2.14 bits per heavy atom. The van der Waals surface area contributed by atoms with Crippen molar-refractivity contribution in [1.29, 1.82) is 0 Å². The van der Waals surface area contributed by atoms with Crippen LogP contribution in [0.25, 0.3) is 0 Å². The van der Waals surface area contributed by atoms with Gasteiger partial charge < -0.3 is 18.9 Å². The van der Waals surface area contributed by atoms with Gasteiger partial charge in [0.2, 0.25) is 18.7 Å². The Hall–Kier alpha value is -1.63. The Bertz CT molecular complexity index is 464. The molecular weight excluding hydrogens is 280 g/mol. The molecule has 2 aliphatic heterocycles. The molecule has 7 heteroatoms. The molecule has 0 amide bonds. The Kier molecular flexibility index (Phi) is 3.97. The van der Waals surface area contributed by atoms with Gasteiger partial charge in [0, 0.05) is 19.8 Å². The minimum Gasteiger partial charge on any atom is -0.450 e. The second-order valence-corrected chi connectivity index (χ2v) is 6.42.